The summed E-state index contributed by atoms with van der Waals surface area (Å²) in [6, 6.07) is 11.1. The number of hydrazine groups is 1. The summed E-state index contributed by atoms with van der Waals surface area (Å²) in [4.78, 5) is 14.6. The van der Waals surface area contributed by atoms with Gasteiger partial charge in [-0.15, -0.1) is 0 Å². The summed E-state index contributed by atoms with van der Waals surface area (Å²) in [5.41, 5.74) is 11.4. The van der Waals surface area contributed by atoms with Gasteiger partial charge in [-0.2, -0.15) is 5.10 Å². The zero-order valence-corrected chi connectivity index (χ0v) is 17.0. The third-order valence-corrected chi connectivity index (χ3v) is 5.97. The Morgan fingerprint density at radius 3 is 2.63 bits per heavy atom. The number of hydrogen-bond donors (Lipinski definition) is 2. The monoisotopic (exact) mass is 369 g/mol. The molecule has 3 rings (SSSR count). The maximum Gasteiger partial charge on any atom is 0.222 e. The van der Waals surface area contributed by atoms with Crippen LogP contribution >= 0.6 is 0 Å². The average Bonchev–Trinajstić information content (AvgIpc) is 3.25. The SMILES string of the molecule is Cc1nn(C)c(C)c1CCC(=O)N(C)C(C)C1CC(c2ccccc2)NN1. The topological polar surface area (TPSA) is 62.2 Å². The molecule has 1 aromatic carbocycles. The summed E-state index contributed by atoms with van der Waals surface area (Å²) in [6.07, 6.45) is 2.21. The lowest BCUT2D eigenvalue weighted by atomic mass is 9.98. The van der Waals surface area contributed by atoms with Crippen molar-refractivity contribution in [2.75, 3.05) is 7.05 Å². The van der Waals surface area contributed by atoms with E-state index in [4.69, 9.17) is 0 Å². The van der Waals surface area contributed by atoms with Crippen molar-refractivity contribution in [1.82, 2.24) is 25.5 Å². The van der Waals surface area contributed by atoms with Gasteiger partial charge >= 0.3 is 0 Å². The van der Waals surface area contributed by atoms with Gasteiger partial charge in [0.05, 0.1) is 5.69 Å². The summed E-state index contributed by atoms with van der Waals surface area (Å²) in [5.74, 6) is 0.176. The predicted molar refractivity (Wildman–Crippen MR) is 107 cm³/mol. The highest BCUT2D eigenvalue weighted by molar-refractivity contribution is 5.76. The predicted octanol–water partition coefficient (Wildman–Crippen LogP) is 2.42. The summed E-state index contributed by atoms with van der Waals surface area (Å²) in [6.45, 7) is 6.19. The average molecular weight is 370 g/mol. The largest absolute Gasteiger partial charge is 0.341 e. The molecule has 3 atom stereocenters. The van der Waals surface area contributed by atoms with Gasteiger partial charge in [-0.1, -0.05) is 30.3 Å². The molecule has 1 amide bonds. The van der Waals surface area contributed by atoms with Crippen molar-refractivity contribution in [2.24, 2.45) is 7.05 Å². The van der Waals surface area contributed by atoms with Gasteiger partial charge in [0.1, 0.15) is 0 Å². The molecule has 3 unspecified atom stereocenters. The zero-order valence-electron chi connectivity index (χ0n) is 17.0. The Balaban J connectivity index is 1.55. The number of amides is 1. The van der Waals surface area contributed by atoms with Crippen molar-refractivity contribution in [2.45, 2.75) is 58.2 Å². The van der Waals surface area contributed by atoms with Crippen LogP contribution in [-0.4, -0.2) is 39.7 Å². The molecular weight excluding hydrogens is 338 g/mol. The normalized spacial score (nSPS) is 20.6. The molecular formula is C21H31N5O. The Kier molecular flexibility index (Phi) is 5.97. The molecule has 0 saturated carbocycles. The second kappa shape index (κ2) is 8.23. The van der Waals surface area contributed by atoms with Gasteiger partial charge in [0.2, 0.25) is 5.91 Å². The van der Waals surface area contributed by atoms with Crippen LogP contribution < -0.4 is 10.9 Å². The number of aromatic nitrogens is 2. The van der Waals surface area contributed by atoms with Crippen molar-refractivity contribution < 1.29 is 4.79 Å². The minimum Gasteiger partial charge on any atom is -0.341 e. The van der Waals surface area contributed by atoms with Gasteiger partial charge in [0.15, 0.2) is 0 Å². The standard InChI is InChI=1S/C21H31N5O/c1-14-18(15(2)26(5)24-14)11-12-21(27)25(4)16(3)19-13-20(23-22-19)17-9-7-6-8-10-17/h6-10,16,19-20,22-23H,11-13H2,1-5H3. The van der Waals surface area contributed by atoms with Crippen molar-refractivity contribution in [3.8, 4) is 0 Å². The number of hydrogen-bond acceptors (Lipinski definition) is 4. The second-order valence-electron chi connectivity index (χ2n) is 7.61. The fourth-order valence-electron chi connectivity index (χ4n) is 3.89. The first-order chi connectivity index (χ1) is 12.9. The maximum absolute atomic E-state index is 12.7. The van der Waals surface area contributed by atoms with E-state index in [9.17, 15) is 4.79 Å². The van der Waals surface area contributed by atoms with Crippen molar-refractivity contribution in [3.05, 3.63) is 52.8 Å². The molecule has 0 bridgehead atoms. The Labute approximate surface area is 161 Å². The summed E-state index contributed by atoms with van der Waals surface area (Å²) in [5, 5.41) is 4.44. The molecule has 27 heavy (non-hydrogen) atoms. The van der Waals surface area contributed by atoms with E-state index in [1.165, 1.54) is 11.1 Å². The van der Waals surface area contributed by atoms with Gasteiger partial charge in [-0.25, -0.2) is 5.43 Å². The molecule has 1 aromatic heterocycles. The van der Waals surface area contributed by atoms with Gasteiger partial charge in [-0.05, 0) is 44.7 Å². The van der Waals surface area contributed by atoms with E-state index in [0.29, 0.717) is 6.42 Å². The van der Waals surface area contributed by atoms with Crippen LogP contribution in [0, 0.1) is 13.8 Å². The highest BCUT2D eigenvalue weighted by Crippen LogP contribution is 2.25. The van der Waals surface area contributed by atoms with E-state index >= 15 is 0 Å². The lowest BCUT2D eigenvalue weighted by molar-refractivity contribution is -0.132. The fraction of sp³-hybridized carbons (Fsp3) is 0.524. The number of carbonyl (C=O) groups excluding carboxylic acids is 1. The summed E-state index contributed by atoms with van der Waals surface area (Å²) >= 11 is 0. The Morgan fingerprint density at radius 2 is 2.00 bits per heavy atom. The number of benzene rings is 1. The highest BCUT2D eigenvalue weighted by atomic mass is 16.2. The molecule has 146 valence electrons. The number of aryl methyl sites for hydroxylation is 2. The smallest absolute Gasteiger partial charge is 0.222 e. The molecule has 2 heterocycles. The van der Waals surface area contributed by atoms with Gasteiger partial charge in [0.25, 0.3) is 0 Å². The van der Waals surface area contributed by atoms with Crippen LogP contribution in [0.15, 0.2) is 30.3 Å². The third kappa shape index (κ3) is 4.22. The van der Waals surface area contributed by atoms with E-state index in [1.807, 2.05) is 36.7 Å². The van der Waals surface area contributed by atoms with Crippen LogP contribution in [0.1, 0.15) is 48.3 Å². The zero-order chi connectivity index (χ0) is 19.6. The van der Waals surface area contributed by atoms with Crippen LogP contribution in [0.4, 0.5) is 0 Å². The summed E-state index contributed by atoms with van der Waals surface area (Å²) < 4.78 is 1.89. The van der Waals surface area contributed by atoms with Crippen molar-refractivity contribution in [1.29, 1.82) is 0 Å². The summed E-state index contributed by atoms with van der Waals surface area (Å²) in [7, 11) is 3.86. The number of rotatable bonds is 6. The first-order valence-corrected chi connectivity index (χ1v) is 9.69. The van der Waals surface area contributed by atoms with Crippen LogP contribution in [0.2, 0.25) is 0 Å². The minimum absolute atomic E-state index is 0.120. The molecule has 1 fully saturated rings. The van der Waals surface area contributed by atoms with Crippen molar-refractivity contribution >= 4 is 5.91 Å². The number of carbonyl (C=O) groups is 1. The Bertz CT molecular complexity index is 785. The number of nitrogens with zero attached hydrogens (tertiary/aromatic N) is 3. The van der Waals surface area contributed by atoms with Gasteiger partial charge in [0, 0.05) is 44.3 Å². The molecule has 1 aliphatic rings. The first-order valence-electron chi connectivity index (χ1n) is 9.69. The van der Waals surface area contributed by atoms with E-state index in [2.05, 4.69) is 54.1 Å². The Morgan fingerprint density at radius 1 is 1.30 bits per heavy atom. The van der Waals surface area contributed by atoms with Gasteiger partial charge < -0.3 is 4.90 Å². The van der Waals surface area contributed by atoms with Crippen LogP contribution in [-0.2, 0) is 18.3 Å². The fourth-order valence-corrected chi connectivity index (χ4v) is 3.89. The lowest BCUT2D eigenvalue weighted by Gasteiger charge is -2.29. The van der Waals surface area contributed by atoms with Crippen LogP contribution in [0.25, 0.3) is 0 Å². The first kappa shape index (κ1) is 19.6. The molecule has 1 aliphatic heterocycles. The highest BCUT2D eigenvalue weighted by Gasteiger charge is 2.32. The third-order valence-electron chi connectivity index (χ3n) is 5.97. The van der Waals surface area contributed by atoms with Crippen molar-refractivity contribution in [3.63, 3.8) is 0 Å². The minimum atomic E-state index is 0.120. The molecule has 6 nitrogen and oxygen atoms in total. The number of likely N-dealkylation sites (N-methyl/N-ethyl adjacent to an activating group) is 1. The van der Waals surface area contributed by atoms with E-state index in [1.54, 1.807) is 0 Å². The van der Waals surface area contributed by atoms with Gasteiger partial charge in [-0.3, -0.25) is 14.9 Å². The molecule has 2 aromatic rings. The maximum atomic E-state index is 12.7. The Hall–Kier alpha value is -2.18. The molecule has 2 N–H and O–H groups in total. The molecule has 0 radical (unpaired) electrons. The second-order valence-corrected chi connectivity index (χ2v) is 7.61. The molecule has 1 saturated heterocycles. The van der Waals surface area contributed by atoms with E-state index in [-0.39, 0.29) is 24.0 Å². The molecule has 0 aliphatic carbocycles. The molecule has 6 heteroatoms. The van der Waals surface area contributed by atoms with Crippen LogP contribution in [0.3, 0.4) is 0 Å². The molecule has 0 spiro atoms. The van der Waals surface area contributed by atoms with Crippen LogP contribution in [0.5, 0.6) is 0 Å². The van der Waals surface area contributed by atoms with E-state index in [0.717, 1.165) is 24.2 Å². The van der Waals surface area contributed by atoms with E-state index < -0.39 is 0 Å². The lowest BCUT2D eigenvalue weighted by Crippen LogP contribution is -2.48. The quantitative estimate of drug-likeness (QED) is 0.821. The number of nitrogens with one attached hydrogen (secondary N) is 2.